The second-order valence-electron chi connectivity index (χ2n) is 7.64. The van der Waals surface area contributed by atoms with E-state index in [0.29, 0.717) is 18.9 Å². The van der Waals surface area contributed by atoms with Gasteiger partial charge in [0.15, 0.2) is 0 Å². The van der Waals surface area contributed by atoms with Crippen molar-refractivity contribution < 1.29 is 9.59 Å². The van der Waals surface area contributed by atoms with Crippen LogP contribution in [0.25, 0.3) is 0 Å². The van der Waals surface area contributed by atoms with Crippen molar-refractivity contribution in [1.82, 2.24) is 15.2 Å². The molecule has 156 valence electrons. The molecule has 0 radical (unpaired) electrons. The zero-order chi connectivity index (χ0) is 20.8. The van der Waals surface area contributed by atoms with Gasteiger partial charge in [-0.1, -0.05) is 24.6 Å². The Bertz CT molecular complexity index is 856. The molecular weight excluding hydrogens is 384 g/mol. The first-order valence-corrected chi connectivity index (χ1v) is 11.2. The Hall–Kier alpha value is -2.41. The second kappa shape index (κ2) is 9.87. The summed E-state index contributed by atoms with van der Waals surface area (Å²) in [6.45, 7) is 8.03. The smallest absolute Gasteiger partial charge is 0.321 e. The first-order valence-electron chi connectivity index (χ1n) is 10.3. The number of benzene rings is 1. The van der Waals surface area contributed by atoms with E-state index >= 15 is 0 Å². The van der Waals surface area contributed by atoms with E-state index in [9.17, 15) is 9.59 Å². The molecule has 1 aliphatic heterocycles. The molecule has 0 spiro atoms. The SMILES string of the molecule is CCC(=O)NCCc1csc(C2CCN(C(=O)Nc3ccc(C)cc3C)CC2)n1. The normalized spacial score (nSPS) is 14.7. The third-order valence-corrected chi connectivity index (χ3v) is 6.40. The molecule has 0 atom stereocenters. The molecule has 29 heavy (non-hydrogen) atoms. The number of hydrogen-bond acceptors (Lipinski definition) is 4. The van der Waals surface area contributed by atoms with Gasteiger partial charge in [-0.2, -0.15) is 0 Å². The van der Waals surface area contributed by atoms with E-state index in [-0.39, 0.29) is 11.9 Å². The summed E-state index contributed by atoms with van der Waals surface area (Å²) in [6.07, 6.45) is 3.14. The number of thiazole rings is 1. The quantitative estimate of drug-likeness (QED) is 0.742. The molecule has 2 aromatic rings. The number of rotatable bonds is 6. The fraction of sp³-hybridized carbons (Fsp3) is 0.500. The first-order chi connectivity index (χ1) is 14.0. The summed E-state index contributed by atoms with van der Waals surface area (Å²) in [5.41, 5.74) is 4.19. The van der Waals surface area contributed by atoms with Gasteiger partial charge < -0.3 is 15.5 Å². The standard InChI is InChI=1S/C22H30N4O2S/c1-4-20(27)23-10-7-18-14-29-21(24-18)17-8-11-26(12-9-17)22(28)25-19-6-5-15(2)13-16(19)3/h5-6,13-14,17H,4,7-12H2,1-3H3,(H,23,27)(H,25,28). The van der Waals surface area contributed by atoms with Crippen molar-refractivity contribution in [3.05, 3.63) is 45.4 Å². The van der Waals surface area contributed by atoms with Gasteiger partial charge in [-0.15, -0.1) is 11.3 Å². The number of likely N-dealkylation sites (tertiary alicyclic amines) is 1. The van der Waals surface area contributed by atoms with Crippen LogP contribution in [0.1, 0.15) is 53.9 Å². The molecule has 2 N–H and O–H groups in total. The third kappa shape index (κ3) is 5.79. The molecule has 1 aliphatic rings. The van der Waals surface area contributed by atoms with Gasteiger partial charge in [-0.3, -0.25) is 4.79 Å². The largest absolute Gasteiger partial charge is 0.356 e. The molecule has 0 unspecified atom stereocenters. The van der Waals surface area contributed by atoms with Crippen molar-refractivity contribution in [3.8, 4) is 0 Å². The van der Waals surface area contributed by atoms with Crippen molar-refractivity contribution in [3.63, 3.8) is 0 Å². The molecule has 0 aliphatic carbocycles. The van der Waals surface area contributed by atoms with Crippen LogP contribution in [0.3, 0.4) is 0 Å². The molecule has 6 nitrogen and oxygen atoms in total. The Kier molecular flexibility index (Phi) is 7.25. The number of amides is 3. The van der Waals surface area contributed by atoms with Crippen LogP contribution in [-0.2, 0) is 11.2 Å². The van der Waals surface area contributed by atoms with Gasteiger partial charge in [-0.05, 0) is 38.3 Å². The lowest BCUT2D eigenvalue weighted by molar-refractivity contribution is -0.120. The van der Waals surface area contributed by atoms with Gasteiger partial charge >= 0.3 is 6.03 Å². The molecule has 0 bridgehead atoms. The van der Waals surface area contributed by atoms with E-state index in [1.165, 1.54) is 5.56 Å². The zero-order valence-electron chi connectivity index (χ0n) is 17.5. The topological polar surface area (TPSA) is 74.3 Å². The number of carbonyl (C=O) groups is 2. The van der Waals surface area contributed by atoms with Crippen molar-refractivity contribution in [2.75, 3.05) is 25.0 Å². The molecule has 1 saturated heterocycles. The summed E-state index contributed by atoms with van der Waals surface area (Å²) in [5, 5.41) is 9.17. The highest BCUT2D eigenvalue weighted by atomic mass is 32.1. The molecule has 7 heteroatoms. The van der Waals surface area contributed by atoms with E-state index in [1.807, 2.05) is 30.9 Å². The molecule has 1 fully saturated rings. The summed E-state index contributed by atoms with van der Waals surface area (Å²) >= 11 is 1.69. The highest BCUT2D eigenvalue weighted by Crippen LogP contribution is 2.30. The van der Waals surface area contributed by atoms with Crippen LogP contribution in [0.4, 0.5) is 10.5 Å². The molecular formula is C22H30N4O2S. The van der Waals surface area contributed by atoms with E-state index in [2.05, 4.69) is 29.0 Å². The lowest BCUT2D eigenvalue weighted by Gasteiger charge is -2.31. The fourth-order valence-corrected chi connectivity index (χ4v) is 4.58. The molecule has 3 amide bonds. The number of anilines is 1. The Morgan fingerprint density at radius 1 is 1.24 bits per heavy atom. The second-order valence-corrected chi connectivity index (χ2v) is 8.53. The number of aromatic nitrogens is 1. The summed E-state index contributed by atoms with van der Waals surface area (Å²) in [4.78, 5) is 30.6. The maximum atomic E-state index is 12.6. The van der Waals surface area contributed by atoms with Crippen LogP contribution in [0.5, 0.6) is 0 Å². The molecule has 1 aromatic carbocycles. The van der Waals surface area contributed by atoms with Gasteiger partial charge in [0.1, 0.15) is 0 Å². The molecule has 1 aromatic heterocycles. The van der Waals surface area contributed by atoms with Gasteiger partial charge in [0.25, 0.3) is 0 Å². The van der Waals surface area contributed by atoms with Crippen LogP contribution in [-0.4, -0.2) is 41.5 Å². The van der Waals surface area contributed by atoms with E-state index in [1.54, 1.807) is 11.3 Å². The van der Waals surface area contributed by atoms with Crippen LogP contribution < -0.4 is 10.6 Å². The lowest BCUT2D eigenvalue weighted by Crippen LogP contribution is -2.40. The lowest BCUT2D eigenvalue weighted by atomic mass is 9.98. The Balaban J connectivity index is 1.47. The van der Waals surface area contributed by atoms with Crippen LogP contribution in [0.15, 0.2) is 23.6 Å². The monoisotopic (exact) mass is 414 g/mol. The average Bonchev–Trinajstić information content (AvgIpc) is 3.19. The third-order valence-electron chi connectivity index (χ3n) is 5.35. The number of carbonyl (C=O) groups excluding carboxylic acids is 2. The van der Waals surface area contributed by atoms with Crippen molar-refractivity contribution >= 4 is 29.0 Å². The molecule has 2 heterocycles. The molecule has 3 rings (SSSR count). The summed E-state index contributed by atoms with van der Waals surface area (Å²) < 4.78 is 0. The van der Waals surface area contributed by atoms with Crippen molar-refractivity contribution in [1.29, 1.82) is 0 Å². The maximum Gasteiger partial charge on any atom is 0.321 e. The van der Waals surface area contributed by atoms with Crippen LogP contribution in [0, 0.1) is 13.8 Å². The maximum absolute atomic E-state index is 12.6. The number of urea groups is 1. The van der Waals surface area contributed by atoms with Gasteiger partial charge in [0, 0.05) is 49.5 Å². The van der Waals surface area contributed by atoms with Crippen LogP contribution in [0.2, 0.25) is 0 Å². The average molecular weight is 415 g/mol. The number of piperidine rings is 1. The van der Waals surface area contributed by atoms with Crippen molar-refractivity contribution in [2.24, 2.45) is 0 Å². The van der Waals surface area contributed by atoms with Gasteiger partial charge in [-0.25, -0.2) is 9.78 Å². The Labute approximate surface area is 176 Å². The minimum atomic E-state index is -0.0260. The summed E-state index contributed by atoms with van der Waals surface area (Å²) in [5.74, 6) is 0.482. The minimum Gasteiger partial charge on any atom is -0.356 e. The number of aryl methyl sites for hydroxylation is 2. The van der Waals surface area contributed by atoms with E-state index in [0.717, 1.165) is 54.3 Å². The van der Waals surface area contributed by atoms with E-state index in [4.69, 9.17) is 4.98 Å². The van der Waals surface area contributed by atoms with Crippen LogP contribution >= 0.6 is 11.3 Å². The highest BCUT2D eigenvalue weighted by Gasteiger charge is 2.26. The van der Waals surface area contributed by atoms with Crippen molar-refractivity contribution in [2.45, 2.75) is 52.4 Å². The summed E-state index contributed by atoms with van der Waals surface area (Å²) in [6, 6.07) is 6.04. The number of hydrogen-bond donors (Lipinski definition) is 2. The Morgan fingerprint density at radius 3 is 2.69 bits per heavy atom. The van der Waals surface area contributed by atoms with E-state index < -0.39 is 0 Å². The highest BCUT2D eigenvalue weighted by molar-refractivity contribution is 7.09. The molecule has 0 saturated carbocycles. The Morgan fingerprint density at radius 2 is 2.00 bits per heavy atom. The van der Waals surface area contributed by atoms with Gasteiger partial charge in [0.05, 0.1) is 10.7 Å². The number of nitrogens with zero attached hydrogens (tertiary/aromatic N) is 2. The zero-order valence-corrected chi connectivity index (χ0v) is 18.3. The fourth-order valence-electron chi connectivity index (χ4n) is 3.56. The summed E-state index contributed by atoms with van der Waals surface area (Å²) in [7, 11) is 0. The van der Waals surface area contributed by atoms with Gasteiger partial charge in [0.2, 0.25) is 5.91 Å². The predicted molar refractivity (Wildman–Crippen MR) is 118 cm³/mol. The number of nitrogens with one attached hydrogen (secondary N) is 2. The predicted octanol–water partition coefficient (Wildman–Crippen LogP) is 4.24. The minimum absolute atomic E-state index is 0.0260. The first kappa shape index (κ1) is 21.3.